The number of benzene rings is 1. The van der Waals surface area contributed by atoms with Crippen molar-refractivity contribution >= 4 is 23.3 Å². The molecule has 1 N–H and O–H groups in total. The lowest BCUT2D eigenvalue weighted by Crippen LogP contribution is -2.44. The van der Waals surface area contributed by atoms with Crippen molar-refractivity contribution in [1.29, 1.82) is 0 Å². The molecule has 5 nitrogen and oxygen atoms in total. The third-order valence-corrected chi connectivity index (χ3v) is 4.15. The highest BCUT2D eigenvalue weighted by molar-refractivity contribution is 6.31. The summed E-state index contributed by atoms with van der Waals surface area (Å²) in [4.78, 5) is 13.5. The van der Waals surface area contributed by atoms with E-state index >= 15 is 0 Å². The first kappa shape index (κ1) is 16.1. The van der Waals surface area contributed by atoms with E-state index in [1.165, 1.54) is 6.07 Å². The molecule has 0 saturated carbocycles. The molecular weight excluding hydrogens is 294 g/mol. The van der Waals surface area contributed by atoms with Crippen LogP contribution in [0.3, 0.4) is 0 Å². The number of carboxylic acid groups (broad SMARTS) is 1. The molecule has 0 spiro atoms. The lowest BCUT2D eigenvalue weighted by molar-refractivity contribution is 0.0696. The first-order chi connectivity index (χ1) is 9.99. The molecule has 2 unspecified atom stereocenters. The second-order valence-electron chi connectivity index (χ2n) is 5.07. The summed E-state index contributed by atoms with van der Waals surface area (Å²) in [6.45, 7) is 5.64. The average Bonchev–Trinajstić information content (AvgIpc) is 2.91. The van der Waals surface area contributed by atoms with Crippen molar-refractivity contribution in [3.8, 4) is 0 Å². The van der Waals surface area contributed by atoms with Gasteiger partial charge in [0, 0.05) is 24.4 Å². The van der Waals surface area contributed by atoms with Crippen molar-refractivity contribution in [2.45, 2.75) is 26.0 Å². The van der Waals surface area contributed by atoms with Crippen LogP contribution in [-0.4, -0.2) is 50.1 Å². The normalized spacial score (nSPS) is 21.5. The van der Waals surface area contributed by atoms with Crippen molar-refractivity contribution in [2.75, 3.05) is 31.8 Å². The molecule has 1 heterocycles. The molecule has 1 aromatic rings. The fraction of sp³-hybridized carbons (Fsp3) is 0.533. The summed E-state index contributed by atoms with van der Waals surface area (Å²) in [5, 5.41) is 9.72. The maximum Gasteiger partial charge on any atom is 0.336 e. The largest absolute Gasteiger partial charge is 0.478 e. The Morgan fingerprint density at radius 2 is 2.24 bits per heavy atom. The SMILES string of the molecule is CCN(c1cc(Cl)cc(C(=O)O)c1C)C1COCC1OC. The average molecular weight is 314 g/mol. The number of nitrogens with zero attached hydrogens (tertiary/aromatic N) is 1. The molecule has 1 fully saturated rings. The summed E-state index contributed by atoms with van der Waals surface area (Å²) in [6, 6.07) is 3.34. The Morgan fingerprint density at radius 3 is 2.81 bits per heavy atom. The van der Waals surface area contributed by atoms with Gasteiger partial charge >= 0.3 is 5.97 Å². The molecule has 0 aromatic heterocycles. The highest BCUT2D eigenvalue weighted by Crippen LogP contribution is 2.31. The van der Waals surface area contributed by atoms with E-state index in [0.717, 1.165) is 5.69 Å². The van der Waals surface area contributed by atoms with Crippen LogP contribution in [0.25, 0.3) is 0 Å². The summed E-state index contributed by atoms with van der Waals surface area (Å²) in [6.07, 6.45) is -0.0309. The molecule has 1 aliphatic rings. The van der Waals surface area contributed by atoms with Gasteiger partial charge in [-0.1, -0.05) is 11.6 Å². The molecule has 2 atom stereocenters. The van der Waals surface area contributed by atoms with E-state index in [4.69, 9.17) is 21.1 Å². The smallest absolute Gasteiger partial charge is 0.336 e. The minimum Gasteiger partial charge on any atom is -0.478 e. The molecule has 2 rings (SSSR count). The minimum absolute atomic E-state index is 0.0309. The first-order valence-electron chi connectivity index (χ1n) is 6.90. The van der Waals surface area contributed by atoms with Gasteiger partial charge in [-0.2, -0.15) is 0 Å². The quantitative estimate of drug-likeness (QED) is 0.905. The molecule has 0 radical (unpaired) electrons. The zero-order valence-corrected chi connectivity index (χ0v) is 13.2. The summed E-state index contributed by atoms with van der Waals surface area (Å²) < 4.78 is 11.0. The summed E-state index contributed by atoms with van der Waals surface area (Å²) in [5.41, 5.74) is 1.75. The van der Waals surface area contributed by atoms with Crippen molar-refractivity contribution in [2.24, 2.45) is 0 Å². The molecule has 0 amide bonds. The van der Waals surface area contributed by atoms with Gasteiger partial charge in [-0.15, -0.1) is 0 Å². The fourth-order valence-electron chi connectivity index (χ4n) is 2.81. The molecule has 1 aliphatic heterocycles. The molecule has 1 saturated heterocycles. The highest BCUT2D eigenvalue weighted by atomic mass is 35.5. The van der Waals surface area contributed by atoms with E-state index in [1.807, 2.05) is 6.92 Å². The predicted molar refractivity (Wildman–Crippen MR) is 81.6 cm³/mol. The van der Waals surface area contributed by atoms with Gasteiger partial charge in [0.05, 0.1) is 24.8 Å². The van der Waals surface area contributed by atoms with Crippen LogP contribution < -0.4 is 4.90 Å². The second kappa shape index (κ2) is 6.64. The topological polar surface area (TPSA) is 59.0 Å². The number of methoxy groups -OCH3 is 1. The van der Waals surface area contributed by atoms with E-state index in [-0.39, 0.29) is 17.7 Å². The third kappa shape index (κ3) is 3.15. The van der Waals surface area contributed by atoms with Crippen molar-refractivity contribution in [3.05, 3.63) is 28.3 Å². The molecule has 0 bridgehead atoms. The Balaban J connectivity index is 2.45. The monoisotopic (exact) mass is 313 g/mol. The van der Waals surface area contributed by atoms with Crippen LogP contribution in [0.1, 0.15) is 22.8 Å². The lowest BCUT2D eigenvalue weighted by atomic mass is 10.0. The van der Waals surface area contributed by atoms with Gasteiger partial charge in [0.1, 0.15) is 6.10 Å². The minimum atomic E-state index is -0.974. The highest BCUT2D eigenvalue weighted by Gasteiger charge is 2.34. The first-order valence-corrected chi connectivity index (χ1v) is 7.28. The zero-order valence-electron chi connectivity index (χ0n) is 12.4. The number of hydrogen-bond acceptors (Lipinski definition) is 4. The van der Waals surface area contributed by atoms with Crippen LogP contribution in [0, 0.1) is 6.92 Å². The Kier molecular flexibility index (Phi) is 5.08. The molecule has 116 valence electrons. The molecule has 1 aromatic carbocycles. The number of ether oxygens (including phenoxy) is 2. The number of hydrogen-bond donors (Lipinski definition) is 1. The lowest BCUT2D eigenvalue weighted by Gasteiger charge is -2.33. The van der Waals surface area contributed by atoms with E-state index in [1.54, 1.807) is 20.1 Å². The Hall–Kier alpha value is -1.30. The van der Waals surface area contributed by atoms with Crippen LogP contribution in [0.4, 0.5) is 5.69 Å². The number of rotatable bonds is 5. The zero-order chi connectivity index (χ0) is 15.6. The summed E-state index contributed by atoms with van der Waals surface area (Å²) in [7, 11) is 1.66. The Labute approximate surface area is 129 Å². The molecule has 0 aliphatic carbocycles. The van der Waals surface area contributed by atoms with E-state index in [2.05, 4.69) is 4.90 Å². The predicted octanol–water partition coefficient (Wildman–Crippen LogP) is 2.59. The van der Waals surface area contributed by atoms with Gasteiger partial charge in [0.25, 0.3) is 0 Å². The van der Waals surface area contributed by atoms with Gasteiger partial charge in [-0.05, 0) is 31.5 Å². The molecular formula is C15H20ClNO4. The standard InChI is InChI=1S/C15H20ClNO4/c1-4-17(13-7-21-8-14(13)20-3)12-6-10(16)5-11(9(12)2)15(18)19/h5-6,13-14H,4,7-8H2,1-3H3,(H,18,19). The van der Waals surface area contributed by atoms with Crippen LogP contribution in [0.5, 0.6) is 0 Å². The van der Waals surface area contributed by atoms with Crippen molar-refractivity contribution in [3.63, 3.8) is 0 Å². The Bertz CT molecular complexity index is 535. The van der Waals surface area contributed by atoms with Gasteiger partial charge in [-0.3, -0.25) is 0 Å². The van der Waals surface area contributed by atoms with Gasteiger partial charge in [0.15, 0.2) is 0 Å². The number of anilines is 1. The number of carboxylic acids is 1. The number of carbonyl (C=O) groups is 1. The number of halogens is 1. The van der Waals surface area contributed by atoms with Gasteiger partial charge in [-0.25, -0.2) is 4.79 Å². The van der Waals surface area contributed by atoms with Crippen LogP contribution in [0.15, 0.2) is 12.1 Å². The summed E-state index contributed by atoms with van der Waals surface area (Å²) in [5.74, 6) is -0.974. The van der Waals surface area contributed by atoms with Gasteiger partial charge < -0.3 is 19.5 Å². The van der Waals surface area contributed by atoms with E-state index < -0.39 is 5.97 Å². The maximum atomic E-state index is 11.4. The fourth-order valence-corrected chi connectivity index (χ4v) is 3.02. The van der Waals surface area contributed by atoms with Crippen molar-refractivity contribution < 1.29 is 19.4 Å². The van der Waals surface area contributed by atoms with Crippen LogP contribution in [0.2, 0.25) is 5.02 Å². The number of likely N-dealkylation sites (N-methyl/N-ethyl adjacent to an activating group) is 1. The third-order valence-electron chi connectivity index (χ3n) is 3.93. The van der Waals surface area contributed by atoms with Crippen LogP contribution in [-0.2, 0) is 9.47 Å². The molecule has 21 heavy (non-hydrogen) atoms. The van der Waals surface area contributed by atoms with Gasteiger partial charge in [0.2, 0.25) is 0 Å². The van der Waals surface area contributed by atoms with Crippen molar-refractivity contribution in [1.82, 2.24) is 0 Å². The maximum absolute atomic E-state index is 11.4. The van der Waals surface area contributed by atoms with Crippen LogP contribution >= 0.6 is 11.6 Å². The Morgan fingerprint density at radius 1 is 1.52 bits per heavy atom. The van der Waals surface area contributed by atoms with E-state index in [9.17, 15) is 9.90 Å². The summed E-state index contributed by atoms with van der Waals surface area (Å²) >= 11 is 6.09. The number of aromatic carboxylic acids is 1. The van der Waals surface area contributed by atoms with E-state index in [0.29, 0.717) is 30.3 Å². The second-order valence-corrected chi connectivity index (χ2v) is 5.50. The molecule has 6 heteroatoms.